The molecule has 3 heterocycles. The molecule has 1 saturated carbocycles. The van der Waals surface area contributed by atoms with Crippen molar-refractivity contribution in [2.75, 3.05) is 6.61 Å². The molecule has 1 aliphatic carbocycles. The van der Waals surface area contributed by atoms with E-state index >= 15 is 0 Å². The second kappa shape index (κ2) is 7.70. The van der Waals surface area contributed by atoms with Gasteiger partial charge in [-0.05, 0) is 45.2 Å². The molecule has 0 aromatic carbocycles. The molecule has 6 heteroatoms. The van der Waals surface area contributed by atoms with Gasteiger partial charge in [0.1, 0.15) is 0 Å². The van der Waals surface area contributed by atoms with Crippen LogP contribution in [0.25, 0.3) is 22.2 Å². The lowest BCUT2D eigenvalue weighted by Crippen LogP contribution is -2.15. The number of ether oxygens (including phenoxy) is 1. The van der Waals surface area contributed by atoms with Gasteiger partial charge in [-0.2, -0.15) is 5.10 Å². The zero-order valence-corrected chi connectivity index (χ0v) is 16.7. The summed E-state index contributed by atoms with van der Waals surface area (Å²) in [6.07, 6.45) is 9.88. The normalized spacial score (nSPS) is 14.7. The Morgan fingerprint density at radius 2 is 2.00 bits per heavy atom. The van der Waals surface area contributed by atoms with E-state index in [-0.39, 0.29) is 11.9 Å². The predicted octanol–water partition coefficient (Wildman–Crippen LogP) is 4.66. The van der Waals surface area contributed by atoms with Crippen molar-refractivity contribution >= 4 is 17.0 Å². The van der Waals surface area contributed by atoms with Crippen LogP contribution in [-0.4, -0.2) is 32.3 Å². The van der Waals surface area contributed by atoms with Gasteiger partial charge in [-0.25, -0.2) is 14.5 Å². The molecule has 0 amide bonds. The second-order valence-electron chi connectivity index (χ2n) is 7.40. The van der Waals surface area contributed by atoms with E-state index in [4.69, 9.17) is 9.72 Å². The molecule has 4 rings (SSSR count). The molecule has 146 valence electrons. The van der Waals surface area contributed by atoms with Crippen molar-refractivity contribution in [1.82, 2.24) is 19.7 Å². The third-order valence-corrected chi connectivity index (χ3v) is 5.50. The first kappa shape index (κ1) is 18.6. The highest BCUT2D eigenvalue weighted by atomic mass is 16.5. The van der Waals surface area contributed by atoms with Gasteiger partial charge in [0, 0.05) is 41.4 Å². The van der Waals surface area contributed by atoms with Crippen molar-refractivity contribution in [2.24, 2.45) is 0 Å². The van der Waals surface area contributed by atoms with Crippen molar-refractivity contribution in [3.05, 3.63) is 41.5 Å². The van der Waals surface area contributed by atoms with Crippen molar-refractivity contribution in [1.29, 1.82) is 0 Å². The van der Waals surface area contributed by atoms with Gasteiger partial charge in [0.15, 0.2) is 5.65 Å². The van der Waals surface area contributed by atoms with Crippen LogP contribution < -0.4 is 0 Å². The fourth-order valence-corrected chi connectivity index (χ4v) is 4.23. The molecule has 0 radical (unpaired) electrons. The van der Waals surface area contributed by atoms with Gasteiger partial charge in [-0.1, -0.05) is 12.8 Å². The highest BCUT2D eigenvalue weighted by Crippen LogP contribution is 2.41. The molecule has 28 heavy (non-hydrogen) atoms. The Hall–Kier alpha value is -2.76. The van der Waals surface area contributed by atoms with Gasteiger partial charge < -0.3 is 4.74 Å². The van der Waals surface area contributed by atoms with E-state index in [0.29, 0.717) is 12.2 Å². The van der Waals surface area contributed by atoms with Crippen LogP contribution in [0.5, 0.6) is 0 Å². The summed E-state index contributed by atoms with van der Waals surface area (Å²) >= 11 is 0. The van der Waals surface area contributed by atoms with Crippen molar-refractivity contribution < 1.29 is 9.53 Å². The smallest absolute Gasteiger partial charge is 0.340 e. The Balaban J connectivity index is 2.08. The van der Waals surface area contributed by atoms with Crippen LogP contribution in [-0.2, 0) is 11.3 Å². The third kappa shape index (κ3) is 3.17. The molecule has 0 bridgehead atoms. The molecule has 6 nitrogen and oxygen atoms in total. The number of rotatable bonds is 5. The Morgan fingerprint density at radius 3 is 2.68 bits per heavy atom. The summed E-state index contributed by atoms with van der Waals surface area (Å²) in [5.41, 5.74) is 5.07. The first-order valence-electron chi connectivity index (χ1n) is 10.1. The summed E-state index contributed by atoms with van der Waals surface area (Å²) in [6.45, 7) is 6.95. The van der Waals surface area contributed by atoms with Gasteiger partial charge in [0.2, 0.25) is 0 Å². The first-order valence-corrected chi connectivity index (χ1v) is 10.1. The maximum absolute atomic E-state index is 13.1. The molecule has 0 saturated heterocycles. The quantitative estimate of drug-likeness (QED) is 0.604. The predicted molar refractivity (Wildman–Crippen MR) is 108 cm³/mol. The molecule has 3 aromatic rings. The average Bonchev–Trinajstić information content (AvgIpc) is 3.36. The largest absolute Gasteiger partial charge is 0.462 e. The van der Waals surface area contributed by atoms with Crippen LogP contribution in [0.3, 0.4) is 0 Å². The maximum Gasteiger partial charge on any atom is 0.340 e. The number of nitrogens with zero attached hydrogens (tertiary/aromatic N) is 4. The number of esters is 1. The second-order valence-corrected chi connectivity index (χ2v) is 7.40. The molecular formula is C22H26N4O2. The number of pyridine rings is 2. The highest BCUT2D eigenvalue weighted by molar-refractivity contribution is 6.07. The summed E-state index contributed by atoms with van der Waals surface area (Å²) in [7, 11) is 0. The van der Waals surface area contributed by atoms with Crippen molar-refractivity contribution in [3.63, 3.8) is 0 Å². The van der Waals surface area contributed by atoms with Crippen molar-refractivity contribution in [2.45, 2.75) is 58.9 Å². The Bertz CT molecular complexity index is 1020. The molecule has 0 atom stereocenters. The summed E-state index contributed by atoms with van der Waals surface area (Å²) in [5, 5.41) is 5.39. The van der Waals surface area contributed by atoms with E-state index in [2.05, 4.69) is 23.1 Å². The lowest BCUT2D eigenvalue weighted by atomic mass is 9.90. The van der Waals surface area contributed by atoms with E-state index in [9.17, 15) is 4.79 Å². The molecule has 0 aliphatic heterocycles. The Labute approximate surface area is 165 Å². The van der Waals surface area contributed by atoms with Crippen LogP contribution in [0.1, 0.15) is 67.1 Å². The average molecular weight is 378 g/mol. The standard InChI is InChI=1S/C22H26N4O2/c1-4-26-21-17(13-24-26)18(16-10-14(3)11-23-12-16)19(22(27)28-5-2)20(25-21)15-8-6-7-9-15/h10-13,15H,4-9H2,1-3H3. The summed E-state index contributed by atoms with van der Waals surface area (Å²) in [4.78, 5) is 22.5. The minimum atomic E-state index is -0.306. The van der Waals surface area contributed by atoms with Crippen molar-refractivity contribution in [3.8, 4) is 11.1 Å². The summed E-state index contributed by atoms with van der Waals surface area (Å²) in [6, 6.07) is 2.06. The zero-order valence-electron chi connectivity index (χ0n) is 16.7. The van der Waals surface area contributed by atoms with Gasteiger partial charge in [0.05, 0.1) is 24.1 Å². The molecule has 1 fully saturated rings. The van der Waals surface area contributed by atoms with Gasteiger partial charge >= 0.3 is 5.97 Å². The molecule has 1 aliphatic rings. The Morgan fingerprint density at radius 1 is 1.21 bits per heavy atom. The molecule has 3 aromatic heterocycles. The van der Waals surface area contributed by atoms with Crippen LogP contribution in [0.2, 0.25) is 0 Å². The van der Waals surface area contributed by atoms with Crippen LogP contribution in [0.4, 0.5) is 0 Å². The monoisotopic (exact) mass is 378 g/mol. The summed E-state index contributed by atoms with van der Waals surface area (Å²) in [5.74, 6) is -0.0277. The highest BCUT2D eigenvalue weighted by Gasteiger charge is 2.30. The van der Waals surface area contributed by atoms with Gasteiger partial charge in [-0.15, -0.1) is 0 Å². The number of hydrogen-bond acceptors (Lipinski definition) is 5. The zero-order chi connectivity index (χ0) is 19.7. The molecule has 0 N–H and O–H groups in total. The van der Waals surface area contributed by atoms with E-state index in [1.807, 2.05) is 37.1 Å². The Kier molecular flexibility index (Phi) is 5.11. The number of fused-ring (bicyclic) bond motifs is 1. The van der Waals surface area contributed by atoms with E-state index < -0.39 is 0 Å². The van der Waals surface area contributed by atoms with Crippen LogP contribution in [0.15, 0.2) is 24.7 Å². The lowest BCUT2D eigenvalue weighted by Gasteiger charge is -2.19. The molecule has 0 unspecified atom stereocenters. The lowest BCUT2D eigenvalue weighted by molar-refractivity contribution is 0.0525. The fraction of sp³-hybridized carbons (Fsp3) is 0.455. The maximum atomic E-state index is 13.1. The van der Waals surface area contributed by atoms with E-state index in [0.717, 1.165) is 52.8 Å². The van der Waals surface area contributed by atoms with Gasteiger partial charge in [0.25, 0.3) is 0 Å². The molecular weight excluding hydrogens is 352 g/mol. The van der Waals surface area contributed by atoms with Gasteiger partial charge in [-0.3, -0.25) is 4.98 Å². The SMILES string of the molecule is CCOC(=O)c1c(C2CCCC2)nc2c(cnn2CC)c1-c1cncc(C)c1. The van der Waals surface area contributed by atoms with E-state index in [1.54, 1.807) is 0 Å². The van der Waals surface area contributed by atoms with E-state index in [1.165, 1.54) is 12.8 Å². The number of hydrogen-bond donors (Lipinski definition) is 0. The molecule has 0 spiro atoms. The number of carbonyl (C=O) groups is 1. The summed E-state index contributed by atoms with van der Waals surface area (Å²) < 4.78 is 7.37. The topological polar surface area (TPSA) is 69.9 Å². The minimum Gasteiger partial charge on any atom is -0.462 e. The number of aromatic nitrogens is 4. The van der Waals surface area contributed by atoms with Crippen LogP contribution >= 0.6 is 0 Å². The first-order chi connectivity index (χ1) is 13.6. The minimum absolute atomic E-state index is 0.278. The number of carbonyl (C=O) groups excluding carboxylic acids is 1. The third-order valence-electron chi connectivity index (χ3n) is 5.50. The number of aryl methyl sites for hydroxylation is 2. The fourth-order valence-electron chi connectivity index (χ4n) is 4.23. The van der Waals surface area contributed by atoms with Crippen LogP contribution in [0, 0.1) is 6.92 Å².